The van der Waals surface area contributed by atoms with Gasteiger partial charge < -0.3 is 10.2 Å². The van der Waals surface area contributed by atoms with Crippen molar-refractivity contribution in [2.75, 3.05) is 18.9 Å². The number of anilines is 1. The Bertz CT molecular complexity index is 773. The monoisotopic (exact) mass is 372 g/mol. The molecule has 0 saturated carbocycles. The molecule has 2 aromatic heterocycles. The van der Waals surface area contributed by atoms with E-state index in [2.05, 4.69) is 10.4 Å². The number of carbonyl (C=O) groups is 2. The number of hydrogen-bond donors (Lipinski definition) is 1. The highest BCUT2D eigenvalue weighted by Gasteiger charge is 2.45. The van der Waals surface area contributed by atoms with Crippen molar-refractivity contribution in [1.82, 2.24) is 14.7 Å². The number of amides is 2. The summed E-state index contributed by atoms with van der Waals surface area (Å²) in [5.74, 6) is -1.74. The summed E-state index contributed by atoms with van der Waals surface area (Å²) in [4.78, 5) is 26.6. The summed E-state index contributed by atoms with van der Waals surface area (Å²) >= 11 is 13.3. The van der Waals surface area contributed by atoms with E-state index in [1.807, 2.05) is 0 Å². The molecule has 6 nitrogen and oxygen atoms in total. The molecule has 1 saturated heterocycles. The number of aryl methyl sites for hydroxylation is 1. The van der Waals surface area contributed by atoms with Gasteiger partial charge >= 0.3 is 0 Å². The first-order chi connectivity index (χ1) is 10.9. The Balaban J connectivity index is 1.90. The van der Waals surface area contributed by atoms with Gasteiger partial charge in [0.25, 0.3) is 0 Å². The zero-order valence-electron chi connectivity index (χ0n) is 12.4. The van der Waals surface area contributed by atoms with Crippen LogP contribution in [0.25, 0.3) is 0 Å². The molecule has 1 aliphatic heterocycles. The normalized spacial score (nSPS) is 21.0. The number of thiophene rings is 1. The number of nitrogens with one attached hydrogen (secondary N) is 1. The van der Waals surface area contributed by atoms with Gasteiger partial charge in [0, 0.05) is 32.3 Å². The second kappa shape index (κ2) is 6.14. The van der Waals surface area contributed by atoms with Crippen LogP contribution in [0.15, 0.2) is 17.5 Å². The fraction of sp³-hybridized carbons (Fsp3) is 0.357. The number of likely N-dealkylation sites (N-methyl/N-ethyl adjacent to an activating group) is 1. The first-order valence-corrected chi connectivity index (χ1v) is 8.50. The van der Waals surface area contributed by atoms with Crippen LogP contribution in [0.2, 0.25) is 9.49 Å². The first-order valence-electron chi connectivity index (χ1n) is 6.86. The van der Waals surface area contributed by atoms with Crippen molar-refractivity contribution in [3.8, 4) is 0 Å². The van der Waals surface area contributed by atoms with Crippen molar-refractivity contribution in [2.45, 2.75) is 5.92 Å². The highest BCUT2D eigenvalue weighted by atomic mass is 35.5. The van der Waals surface area contributed by atoms with Crippen molar-refractivity contribution >= 4 is 52.0 Å². The highest BCUT2D eigenvalue weighted by molar-refractivity contribution is 7.15. The Morgan fingerprint density at radius 1 is 1.43 bits per heavy atom. The lowest BCUT2D eigenvalue weighted by Gasteiger charge is -2.16. The van der Waals surface area contributed by atoms with E-state index < -0.39 is 5.92 Å². The number of rotatable bonds is 3. The van der Waals surface area contributed by atoms with E-state index in [-0.39, 0.29) is 17.7 Å². The molecule has 1 N–H and O–H groups in total. The Morgan fingerprint density at radius 3 is 2.74 bits per heavy atom. The van der Waals surface area contributed by atoms with Crippen molar-refractivity contribution < 1.29 is 9.59 Å². The van der Waals surface area contributed by atoms with E-state index in [0.29, 0.717) is 21.7 Å². The molecule has 2 aromatic rings. The average Bonchev–Trinajstić information content (AvgIpc) is 3.11. The molecule has 0 radical (unpaired) electrons. The topological polar surface area (TPSA) is 67.2 Å². The third-order valence-electron chi connectivity index (χ3n) is 3.94. The van der Waals surface area contributed by atoms with Crippen LogP contribution in [0.3, 0.4) is 0 Å². The molecule has 23 heavy (non-hydrogen) atoms. The van der Waals surface area contributed by atoms with Crippen LogP contribution in [0, 0.1) is 5.92 Å². The highest BCUT2D eigenvalue weighted by Crippen LogP contribution is 2.36. The number of likely N-dealkylation sites (tertiary alicyclic amines) is 1. The molecule has 2 amide bonds. The maximum Gasteiger partial charge on any atom is 0.237 e. The lowest BCUT2D eigenvalue weighted by Crippen LogP contribution is -2.33. The van der Waals surface area contributed by atoms with E-state index in [4.69, 9.17) is 23.2 Å². The van der Waals surface area contributed by atoms with Crippen LogP contribution in [0.4, 0.5) is 5.69 Å². The zero-order chi connectivity index (χ0) is 16.7. The van der Waals surface area contributed by atoms with Gasteiger partial charge in [-0.1, -0.05) is 23.2 Å². The third kappa shape index (κ3) is 2.96. The molecule has 3 rings (SSSR count). The summed E-state index contributed by atoms with van der Waals surface area (Å²) in [6.45, 7) is 0.435. The van der Waals surface area contributed by atoms with Gasteiger partial charge in [0.15, 0.2) is 5.15 Å². The molecule has 9 heteroatoms. The first kappa shape index (κ1) is 16.3. The minimum Gasteiger partial charge on any atom is -0.344 e. The molecular formula is C14H14Cl2N4O2S. The number of hydrogen-bond acceptors (Lipinski definition) is 4. The lowest BCUT2D eigenvalue weighted by atomic mass is 9.91. The molecule has 2 atom stereocenters. The fourth-order valence-corrected chi connectivity index (χ4v) is 3.90. The Hall–Kier alpha value is -1.57. The van der Waals surface area contributed by atoms with Gasteiger partial charge in [-0.25, -0.2) is 0 Å². The molecule has 122 valence electrons. The standard InChI is InChI=1S/C14H14Cl2N4O2S/c1-19-6-7(9-5-10(15)18-20(9)2)11(14(19)22)13(21)17-8-3-4-23-12(8)16/h3-5,7,11H,6H2,1-2H3,(H,17,21)/t7-,11+/m1/s1. The maximum absolute atomic E-state index is 12.6. The zero-order valence-corrected chi connectivity index (χ0v) is 14.7. The largest absolute Gasteiger partial charge is 0.344 e. The summed E-state index contributed by atoms with van der Waals surface area (Å²) in [5, 5.41) is 8.94. The van der Waals surface area contributed by atoms with Gasteiger partial charge in [-0.05, 0) is 17.5 Å². The van der Waals surface area contributed by atoms with Crippen LogP contribution in [-0.4, -0.2) is 40.1 Å². The van der Waals surface area contributed by atoms with Crippen LogP contribution in [-0.2, 0) is 16.6 Å². The predicted octanol–water partition coefficient (Wildman–Crippen LogP) is 2.60. The minimum absolute atomic E-state index is 0.226. The molecule has 0 spiro atoms. The number of halogens is 2. The van der Waals surface area contributed by atoms with Crippen LogP contribution >= 0.6 is 34.5 Å². The summed E-state index contributed by atoms with van der Waals surface area (Å²) in [6, 6.07) is 3.40. The van der Waals surface area contributed by atoms with Crippen molar-refractivity contribution in [3.05, 3.63) is 32.7 Å². The predicted molar refractivity (Wildman–Crippen MR) is 90.0 cm³/mol. The summed E-state index contributed by atoms with van der Waals surface area (Å²) < 4.78 is 2.09. The van der Waals surface area contributed by atoms with Gasteiger partial charge in [-0.15, -0.1) is 11.3 Å². The molecule has 0 aliphatic carbocycles. The van der Waals surface area contributed by atoms with E-state index in [0.717, 1.165) is 5.69 Å². The molecule has 3 heterocycles. The van der Waals surface area contributed by atoms with Gasteiger partial charge in [-0.2, -0.15) is 5.10 Å². The molecule has 0 unspecified atom stereocenters. The van der Waals surface area contributed by atoms with Crippen LogP contribution < -0.4 is 5.32 Å². The summed E-state index contributed by atoms with van der Waals surface area (Å²) in [6.07, 6.45) is 0. The number of nitrogens with zero attached hydrogens (tertiary/aromatic N) is 3. The molecular weight excluding hydrogens is 359 g/mol. The quantitative estimate of drug-likeness (QED) is 0.841. The summed E-state index contributed by atoms with van der Waals surface area (Å²) in [5.41, 5.74) is 1.27. The Labute approximate surface area is 147 Å². The second-order valence-corrected chi connectivity index (χ2v) is 7.32. The van der Waals surface area contributed by atoms with E-state index in [9.17, 15) is 9.59 Å². The van der Waals surface area contributed by atoms with Gasteiger partial charge in [0.2, 0.25) is 11.8 Å². The van der Waals surface area contributed by atoms with E-state index >= 15 is 0 Å². The van der Waals surface area contributed by atoms with Gasteiger partial charge in [0.1, 0.15) is 10.3 Å². The minimum atomic E-state index is -0.831. The average molecular weight is 373 g/mol. The van der Waals surface area contributed by atoms with Crippen molar-refractivity contribution in [3.63, 3.8) is 0 Å². The van der Waals surface area contributed by atoms with Crippen LogP contribution in [0.5, 0.6) is 0 Å². The smallest absolute Gasteiger partial charge is 0.237 e. The molecule has 1 fully saturated rings. The SMILES string of the molecule is CN1C[C@H](c2cc(Cl)nn2C)[C@@H](C(=O)Nc2ccsc2Cl)C1=O. The maximum atomic E-state index is 12.6. The Kier molecular flexibility index (Phi) is 4.35. The molecule has 1 aliphatic rings. The second-order valence-electron chi connectivity index (χ2n) is 5.42. The molecule has 0 aromatic carbocycles. The number of carbonyl (C=O) groups excluding carboxylic acids is 2. The summed E-state index contributed by atoms with van der Waals surface area (Å²) in [7, 11) is 3.42. The lowest BCUT2D eigenvalue weighted by molar-refractivity contribution is -0.135. The van der Waals surface area contributed by atoms with Crippen LogP contribution in [0.1, 0.15) is 11.6 Å². The van der Waals surface area contributed by atoms with Crippen molar-refractivity contribution in [2.24, 2.45) is 13.0 Å². The van der Waals surface area contributed by atoms with E-state index in [1.165, 1.54) is 11.3 Å². The third-order valence-corrected chi connectivity index (χ3v) is 5.29. The number of aromatic nitrogens is 2. The van der Waals surface area contributed by atoms with E-state index in [1.54, 1.807) is 41.2 Å². The Morgan fingerprint density at radius 2 is 2.17 bits per heavy atom. The van der Waals surface area contributed by atoms with Gasteiger partial charge in [0.05, 0.1) is 5.69 Å². The van der Waals surface area contributed by atoms with Crippen molar-refractivity contribution in [1.29, 1.82) is 0 Å². The fourth-order valence-electron chi connectivity index (χ4n) is 2.84. The van der Waals surface area contributed by atoms with Gasteiger partial charge in [-0.3, -0.25) is 14.3 Å². The molecule has 0 bridgehead atoms.